The number of nitrogens with one attached hydrogen (secondary N) is 1. The number of hydrogen-bond acceptors (Lipinski definition) is 3. The summed E-state index contributed by atoms with van der Waals surface area (Å²) in [5, 5.41) is 3.09. The molecule has 0 aromatic carbocycles. The molecule has 1 heterocycles. The first-order valence-electron chi connectivity index (χ1n) is 6.27. The van der Waals surface area contributed by atoms with Crippen molar-refractivity contribution in [1.29, 1.82) is 0 Å². The maximum atomic E-state index is 11.9. The Morgan fingerprint density at radius 1 is 1.38 bits per heavy atom. The minimum absolute atomic E-state index is 0.0659. The maximum Gasteiger partial charge on any atom is 0.224 e. The van der Waals surface area contributed by atoms with E-state index >= 15 is 0 Å². The maximum absolute atomic E-state index is 11.9. The second-order valence-electron chi connectivity index (χ2n) is 5.22. The fourth-order valence-electron chi connectivity index (χ4n) is 2.21. The van der Waals surface area contributed by atoms with Crippen LogP contribution in [0.15, 0.2) is 0 Å². The van der Waals surface area contributed by atoms with E-state index in [4.69, 9.17) is 10.5 Å². The molecule has 1 amide bonds. The summed E-state index contributed by atoms with van der Waals surface area (Å²) >= 11 is 0. The standard InChI is InChI=1S/C12H22N2O2/c1-7(8(2)13)12(15)14-10-5-6-16-11(10)9-3-4-9/h7-11H,3-6,13H2,1-2H3,(H,14,15). The Bertz CT molecular complexity index is 264. The zero-order valence-corrected chi connectivity index (χ0v) is 10.1. The Morgan fingerprint density at radius 3 is 2.62 bits per heavy atom. The first-order valence-corrected chi connectivity index (χ1v) is 6.27. The Labute approximate surface area is 96.9 Å². The van der Waals surface area contributed by atoms with Crippen LogP contribution in [0.4, 0.5) is 0 Å². The van der Waals surface area contributed by atoms with Crippen LogP contribution in [0.5, 0.6) is 0 Å². The molecule has 4 nitrogen and oxygen atoms in total. The van der Waals surface area contributed by atoms with Crippen molar-refractivity contribution < 1.29 is 9.53 Å². The van der Waals surface area contributed by atoms with Crippen molar-refractivity contribution in [3.8, 4) is 0 Å². The van der Waals surface area contributed by atoms with Crippen LogP contribution in [-0.4, -0.2) is 30.7 Å². The van der Waals surface area contributed by atoms with Gasteiger partial charge in [0.2, 0.25) is 5.91 Å². The van der Waals surface area contributed by atoms with Crippen LogP contribution in [0.25, 0.3) is 0 Å². The molecule has 4 atom stereocenters. The summed E-state index contributed by atoms with van der Waals surface area (Å²) in [4.78, 5) is 11.9. The number of hydrogen-bond donors (Lipinski definition) is 2. The van der Waals surface area contributed by atoms with Crippen LogP contribution in [0.2, 0.25) is 0 Å². The third kappa shape index (κ3) is 2.55. The minimum Gasteiger partial charge on any atom is -0.376 e. The second kappa shape index (κ2) is 4.72. The summed E-state index contributed by atoms with van der Waals surface area (Å²) in [5.74, 6) is 0.620. The van der Waals surface area contributed by atoms with E-state index in [1.807, 2.05) is 13.8 Å². The topological polar surface area (TPSA) is 64.4 Å². The van der Waals surface area contributed by atoms with Gasteiger partial charge in [-0.1, -0.05) is 6.92 Å². The van der Waals surface area contributed by atoms with Gasteiger partial charge in [-0.2, -0.15) is 0 Å². The van der Waals surface area contributed by atoms with Crippen LogP contribution in [0.1, 0.15) is 33.1 Å². The molecule has 0 aromatic rings. The van der Waals surface area contributed by atoms with E-state index in [1.165, 1.54) is 12.8 Å². The van der Waals surface area contributed by atoms with Crippen LogP contribution >= 0.6 is 0 Å². The number of carbonyl (C=O) groups excluding carboxylic acids is 1. The van der Waals surface area contributed by atoms with Crippen LogP contribution in [-0.2, 0) is 9.53 Å². The van der Waals surface area contributed by atoms with Gasteiger partial charge in [-0.25, -0.2) is 0 Å². The van der Waals surface area contributed by atoms with E-state index in [1.54, 1.807) is 0 Å². The lowest BCUT2D eigenvalue weighted by Crippen LogP contribution is -2.46. The van der Waals surface area contributed by atoms with Crippen molar-refractivity contribution in [2.75, 3.05) is 6.61 Å². The van der Waals surface area contributed by atoms with Gasteiger partial charge in [0.15, 0.2) is 0 Å². The zero-order chi connectivity index (χ0) is 11.7. The molecule has 0 radical (unpaired) electrons. The van der Waals surface area contributed by atoms with Crippen LogP contribution in [0, 0.1) is 11.8 Å². The van der Waals surface area contributed by atoms with Crippen LogP contribution in [0.3, 0.4) is 0 Å². The van der Waals surface area contributed by atoms with Gasteiger partial charge in [0.1, 0.15) is 0 Å². The lowest BCUT2D eigenvalue weighted by molar-refractivity contribution is -0.126. The quantitative estimate of drug-likeness (QED) is 0.740. The molecule has 92 valence electrons. The number of carbonyl (C=O) groups is 1. The molecule has 2 aliphatic rings. The molecule has 1 aliphatic carbocycles. The molecule has 1 saturated carbocycles. The van der Waals surface area contributed by atoms with E-state index in [2.05, 4.69) is 5.32 Å². The predicted molar refractivity (Wildman–Crippen MR) is 61.8 cm³/mol. The summed E-state index contributed by atoms with van der Waals surface area (Å²) in [7, 11) is 0. The monoisotopic (exact) mass is 226 g/mol. The number of rotatable bonds is 4. The van der Waals surface area contributed by atoms with Crippen molar-refractivity contribution in [1.82, 2.24) is 5.32 Å². The Balaban J connectivity index is 1.86. The number of amides is 1. The van der Waals surface area contributed by atoms with Gasteiger partial charge in [0.25, 0.3) is 0 Å². The molecule has 3 N–H and O–H groups in total. The summed E-state index contributed by atoms with van der Waals surface area (Å²) < 4.78 is 5.68. The minimum atomic E-state index is -0.125. The van der Waals surface area contributed by atoms with E-state index in [9.17, 15) is 4.79 Å². The van der Waals surface area contributed by atoms with Crippen molar-refractivity contribution in [3.63, 3.8) is 0 Å². The second-order valence-corrected chi connectivity index (χ2v) is 5.22. The van der Waals surface area contributed by atoms with Gasteiger partial charge in [-0.3, -0.25) is 4.79 Å². The molecule has 4 unspecified atom stereocenters. The largest absolute Gasteiger partial charge is 0.376 e. The molecule has 1 aliphatic heterocycles. The van der Waals surface area contributed by atoms with Gasteiger partial charge in [-0.15, -0.1) is 0 Å². The highest BCUT2D eigenvalue weighted by Gasteiger charge is 2.41. The molecule has 1 saturated heterocycles. The SMILES string of the molecule is CC(N)C(C)C(=O)NC1CCOC1C1CC1. The number of ether oxygens (including phenoxy) is 1. The molecular formula is C12H22N2O2. The fourth-order valence-corrected chi connectivity index (χ4v) is 2.21. The number of nitrogens with two attached hydrogens (primary N) is 1. The molecule has 2 fully saturated rings. The summed E-state index contributed by atoms with van der Waals surface area (Å²) in [6.45, 7) is 4.52. The van der Waals surface area contributed by atoms with Crippen molar-refractivity contribution in [2.45, 2.75) is 51.3 Å². The van der Waals surface area contributed by atoms with E-state index < -0.39 is 0 Å². The van der Waals surface area contributed by atoms with Crippen molar-refractivity contribution in [2.24, 2.45) is 17.6 Å². The van der Waals surface area contributed by atoms with Gasteiger partial charge in [0.05, 0.1) is 12.1 Å². The Morgan fingerprint density at radius 2 is 2.06 bits per heavy atom. The average Bonchev–Trinajstić information content (AvgIpc) is 2.99. The fraction of sp³-hybridized carbons (Fsp3) is 0.917. The van der Waals surface area contributed by atoms with Crippen molar-refractivity contribution >= 4 is 5.91 Å². The normalized spacial score (nSPS) is 33.4. The molecule has 0 bridgehead atoms. The van der Waals surface area contributed by atoms with Gasteiger partial charge >= 0.3 is 0 Å². The van der Waals surface area contributed by atoms with Gasteiger partial charge in [-0.05, 0) is 32.1 Å². The molecule has 2 rings (SSSR count). The third-order valence-corrected chi connectivity index (χ3v) is 3.75. The van der Waals surface area contributed by atoms with E-state index in [0.717, 1.165) is 13.0 Å². The summed E-state index contributed by atoms with van der Waals surface area (Å²) in [6, 6.07) is 0.114. The van der Waals surface area contributed by atoms with E-state index in [-0.39, 0.29) is 30.0 Å². The molecule has 0 aromatic heterocycles. The lowest BCUT2D eigenvalue weighted by Gasteiger charge is -2.23. The molecule has 0 spiro atoms. The first-order chi connectivity index (χ1) is 7.59. The lowest BCUT2D eigenvalue weighted by atomic mass is 10.0. The first kappa shape index (κ1) is 11.9. The highest BCUT2D eigenvalue weighted by Crippen LogP contribution is 2.38. The summed E-state index contributed by atoms with van der Waals surface area (Å²) in [5.41, 5.74) is 5.73. The highest BCUT2D eigenvalue weighted by atomic mass is 16.5. The predicted octanol–water partition coefficient (Wildman–Crippen LogP) is 0.653. The van der Waals surface area contributed by atoms with Gasteiger partial charge < -0.3 is 15.8 Å². The van der Waals surface area contributed by atoms with Gasteiger partial charge in [0, 0.05) is 18.6 Å². The highest BCUT2D eigenvalue weighted by molar-refractivity contribution is 5.79. The van der Waals surface area contributed by atoms with Crippen molar-refractivity contribution in [3.05, 3.63) is 0 Å². The zero-order valence-electron chi connectivity index (χ0n) is 10.1. The third-order valence-electron chi connectivity index (χ3n) is 3.75. The average molecular weight is 226 g/mol. The van der Waals surface area contributed by atoms with Crippen LogP contribution < -0.4 is 11.1 Å². The molecule has 16 heavy (non-hydrogen) atoms. The Kier molecular flexibility index (Phi) is 3.50. The van der Waals surface area contributed by atoms with E-state index in [0.29, 0.717) is 5.92 Å². The Hall–Kier alpha value is -0.610. The summed E-state index contributed by atoms with van der Waals surface area (Å²) in [6.07, 6.45) is 3.70. The molecular weight excluding hydrogens is 204 g/mol. The smallest absolute Gasteiger partial charge is 0.224 e. The molecule has 4 heteroatoms.